The van der Waals surface area contributed by atoms with Crippen LogP contribution < -0.4 is 0 Å². The van der Waals surface area contributed by atoms with E-state index in [9.17, 15) is 14.0 Å². The minimum atomic E-state index is -0.529. The van der Waals surface area contributed by atoms with Crippen molar-refractivity contribution in [3.05, 3.63) is 58.3 Å². The van der Waals surface area contributed by atoms with Crippen LogP contribution >= 0.6 is 11.6 Å². The van der Waals surface area contributed by atoms with Crippen LogP contribution in [-0.4, -0.2) is 11.6 Å². The third-order valence-corrected chi connectivity index (χ3v) is 3.02. The number of Topliss-reactive ketones (excluding diaryl/α,β-unsaturated/α-hetero) is 2. The summed E-state index contributed by atoms with van der Waals surface area (Å²) in [6.45, 7) is 1.64. The molecular formula is C14H10ClFO3. The SMILES string of the molecule is Cc1occc1C(=O)CC(=O)c1ccc(F)cc1Cl. The molecule has 0 saturated carbocycles. The van der Waals surface area contributed by atoms with Crippen LogP contribution in [0.4, 0.5) is 4.39 Å². The summed E-state index contributed by atoms with van der Waals surface area (Å²) in [5.74, 6) is -0.867. The van der Waals surface area contributed by atoms with Gasteiger partial charge < -0.3 is 4.42 Å². The van der Waals surface area contributed by atoms with Gasteiger partial charge >= 0.3 is 0 Å². The highest BCUT2D eigenvalue weighted by atomic mass is 35.5. The number of rotatable bonds is 4. The molecule has 2 aromatic rings. The first-order chi connectivity index (χ1) is 8.99. The maximum atomic E-state index is 12.9. The maximum absolute atomic E-state index is 12.9. The molecule has 0 aliphatic heterocycles. The Bertz CT molecular complexity index is 646. The second-order valence-electron chi connectivity index (χ2n) is 4.04. The summed E-state index contributed by atoms with van der Waals surface area (Å²) in [7, 11) is 0. The van der Waals surface area contributed by atoms with Gasteiger partial charge in [0.2, 0.25) is 0 Å². The predicted molar refractivity (Wildman–Crippen MR) is 68.1 cm³/mol. The molecule has 0 N–H and O–H groups in total. The van der Waals surface area contributed by atoms with Crippen molar-refractivity contribution in [1.29, 1.82) is 0 Å². The Morgan fingerprint density at radius 2 is 1.89 bits per heavy atom. The van der Waals surface area contributed by atoms with Gasteiger partial charge in [-0.1, -0.05) is 11.6 Å². The van der Waals surface area contributed by atoms with Gasteiger partial charge in [-0.15, -0.1) is 0 Å². The number of benzene rings is 1. The molecule has 2 rings (SSSR count). The smallest absolute Gasteiger partial charge is 0.174 e. The molecule has 0 amide bonds. The molecule has 0 saturated heterocycles. The van der Waals surface area contributed by atoms with E-state index < -0.39 is 11.6 Å². The predicted octanol–water partition coefficient (Wildman–Crippen LogP) is 3.84. The van der Waals surface area contributed by atoms with Crippen molar-refractivity contribution < 1.29 is 18.4 Å². The zero-order chi connectivity index (χ0) is 14.0. The van der Waals surface area contributed by atoms with Gasteiger partial charge in [0, 0.05) is 5.56 Å². The van der Waals surface area contributed by atoms with Crippen molar-refractivity contribution in [2.45, 2.75) is 13.3 Å². The highest BCUT2D eigenvalue weighted by Gasteiger charge is 2.18. The fourth-order valence-electron chi connectivity index (χ4n) is 1.73. The van der Waals surface area contributed by atoms with Crippen molar-refractivity contribution in [2.24, 2.45) is 0 Å². The Kier molecular flexibility index (Phi) is 3.81. The van der Waals surface area contributed by atoms with Gasteiger partial charge in [0.15, 0.2) is 11.6 Å². The number of hydrogen-bond acceptors (Lipinski definition) is 3. The molecule has 5 heteroatoms. The average Bonchev–Trinajstić information content (AvgIpc) is 2.75. The zero-order valence-corrected chi connectivity index (χ0v) is 10.8. The highest BCUT2D eigenvalue weighted by Crippen LogP contribution is 2.20. The Morgan fingerprint density at radius 1 is 1.21 bits per heavy atom. The lowest BCUT2D eigenvalue weighted by Gasteiger charge is -2.03. The largest absolute Gasteiger partial charge is 0.469 e. The Balaban J connectivity index is 2.18. The van der Waals surface area contributed by atoms with E-state index in [0.29, 0.717) is 11.3 Å². The third kappa shape index (κ3) is 2.90. The first kappa shape index (κ1) is 13.5. The maximum Gasteiger partial charge on any atom is 0.174 e. The topological polar surface area (TPSA) is 47.3 Å². The van der Waals surface area contributed by atoms with Crippen LogP contribution in [0.2, 0.25) is 5.02 Å². The molecule has 0 spiro atoms. The van der Waals surface area contributed by atoms with E-state index in [0.717, 1.165) is 12.1 Å². The lowest BCUT2D eigenvalue weighted by molar-refractivity contribution is 0.0893. The van der Waals surface area contributed by atoms with Gasteiger partial charge in [-0.25, -0.2) is 4.39 Å². The number of halogens is 2. The van der Waals surface area contributed by atoms with Gasteiger partial charge in [-0.2, -0.15) is 0 Å². The monoisotopic (exact) mass is 280 g/mol. The summed E-state index contributed by atoms with van der Waals surface area (Å²) in [4.78, 5) is 23.8. The fourth-order valence-corrected chi connectivity index (χ4v) is 2.00. The van der Waals surface area contributed by atoms with Crippen LogP contribution in [0.1, 0.15) is 32.9 Å². The van der Waals surface area contributed by atoms with Crippen LogP contribution in [0.3, 0.4) is 0 Å². The van der Waals surface area contributed by atoms with Crippen molar-refractivity contribution in [3.8, 4) is 0 Å². The number of carbonyl (C=O) groups excluding carboxylic acids is 2. The lowest BCUT2D eigenvalue weighted by atomic mass is 10.0. The summed E-state index contributed by atoms with van der Waals surface area (Å²) in [5.41, 5.74) is 0.504. The van der Waals surface area contributed by atoms with E-state index in [1.807, 2.05) is 0 Å². The van der Waals surface area contributed by atoms with Crippen LogP contribution in [0.25, 0.3) is 0 Å². The molecule has 1 aromatic heterocycles. The molecule has 1 aromatic carbocycles. The molecule has 0 bridgehead atoms. The summed E-state index contributed by atoms with van der Waals surface area (Å²) >= 11 is 5.77. The minimum absolute atomic E-state index is 0.00159. The van der Waals surface area contributed by atoms with E-state index in [1.165, 1.54) is 18.4 Å². The molecule has 0 fully saturated rings. The van der Waals surface area contributed by atoms with Crippen LogP contribution in [-0.2, 0) is 0 Å². The highest BCUT2D eigenvalue weighted by molar-refractivity contribution is 6.34. The van der Waals surface area contributed by atoms with Gasteiger partial charge in [0.25, 0.3) is 0 Å². The van der Waals surface area contributed by atoms with E-state index in [2.05, 4.69) is 0 Å². The van der Waals surface area contributed by atoms with E-state index >= 15 is 0 Å². The van der Waals surface area contributed by atoms with Crippen molar-refractivity contribution in [3.63, 3.8) is 0 Å². The molecule has 1 heterocycles. The number of aryl methyl sites for hydroxylation is 1. The summed E-state index contributed by atoms with van der Waals surface area (Å²) in [5, 5.41) is 0.00159. The Labute approximate surface area is 114 Å². The fraction of sp³-hybridized carbons (Fsp3) is 0.143. The van der Waals surface area contributed by atoms with Gasteiger partial charge in [-0.3, -0.25) is 9.59 Å². The van der Waals surface area contributed by atoms with Crippen LogP contribution in [0.15, 0.2) is 34.9 Å². The molecule has 0 aliphatic carbocycles. The molecule has 19 heavy (non-hydrogen) atoms. The molecule has 0 atom stereocenters. The molecule has 0 unspecified atom stereocenters. The first-order valence-corrected chi connectivity index (χ1v) is 5.92. The van der Waals surface area contributed by atoms with Crippen LogP contribution in [0, 0.1) is 12.7 Å². The number of ketones is 2. The average molecular weight is 281 g/mol. The minimum Gasteiger partial charge on any atom is -0.469 e. The van der Waals surface area contributed by atoms with Crippen LogP contribution in [0.5, 0.6) is 0 Å². The molecular weight excluding hydrogens is 271 g/mol. The summed E-state index contributed by atoms with van der Waals surface area (Å²) < 4.78 is 17.9. The number of carbonyl (C=O) groups is 2. The van der Waals surface area contributed by atoms with Crippen molar-refractivity contribution in [2.75, 3.05) is 0 Å². The molecule has 0 radical (unpaired) electrons. The lowest BCUT2D eigenvalue weighted by Crippen LogP contribution is -2.09. The van der Waals surface area contributed by atoms with Gasteiger partial charge in [0.05, 0.1) is 23.3 Å². The number of furan rings is 1. The van der Waals surface area contributed by atoms with Crippen molar-refractivity contribution in [1.82, 2.24) is 0 Å². The quantitative estimate of drug-likeness (QED) is 0.631. The first-order valence-electron chi connectivity index (χ1n) is 5.54. The molecule has 0 aliphatic rings. The van der Waals surface area contributed by atoms with E-state index in [1.54, 1.807) is 6.92 Å². The molecule has 98 valence electrons. The zero-order valence-electron chi connectivity index (χ0n) is 10.1. The van der Waals surface area contributed by atoms with E-state index in [-0.39, 0.29) is 22.8 Å². The van der Waals surface area contributed by atoms with Gasteiger partial charge in [-0.05, 0) is 31.2 Å². The summed E-state index contributed by atoms with van der Waals surface area (Å²) in [6.07, 6.45) is 1.06. The Morgan fingerprint density at radius 3 is 2.47 bits per heavy atom. The Hall–Kier alpha value is -1.94. The van der Waals surface area contributed by atoms with E-state index in [4.69, 9.17) is 16.0 Å². The number of hydrogen-bond donors (Lipinski definition) is 0. The van der Waals surface area contributed by atoms with Gasteiger partial charge in [0.1, 0.15) is 11.6 Å². The third-order valence-electron chi connectivity index (χ3n) is 2.71. The summed E-state index contributed by atoms with van der Waals surface area (Å²) in [6, 6.07) is 4.96. The molecule has 3 nitrogen and oxygen atoms in total. The second-order valence-corrected chi connectivity index (χ2v) is 4.44. The second kappa shape index (κ2) is 5.36. The normalized spacial score (nSPS) is 10.5. The van der Waals surface area contributed by atoms with Crippen molar-refractivity contribution >= 4 is 23.2 Å². The standard InChI is InChI=1S/C14H10ClFO3/c1-8-10(4-5-19-8)13(17)7-14(18)11-3-2-9(16)6-12(11)15/h2-6H,7H2,1H3.